The van der Waals surface area contributed by atoms with E-state index in [4.69, 9.17) is 16.3 Å². The molecule has 0 radical (unpaired) electrons. The predicted octanol–water partition coefficient (Wildman–Crippen LogP) is 3.86. The number of anilines is 1. The summed E-state index contributed by atoms with van der Waals surface area (Å²) in [6, 6.07) is 5.23. The average Bonchev–Trinajstić information content (AvgIpc) is 2.20. The highest BCUT2D eigenvalue weighted by molar-refractivity contribution is 9.10. The van der Waals surface area contributed by atoms with Gasteiger partial charge in [-0.15, -0.1) is 0 Å². The molecule has 0 bridgehead atoms. The fourth-order valence-electron chi connectivity index (χ4n) is 1.05. The molecule has 0 aromatic heterocycles. The molecule has 0 aliphatic rings. The van der Waals surface area contributed by atoms with E-state index in [1.54, 1.807) is 18.2 Å². The number of amides is 1. The normalized spacial score (nSPS) is 11.4. The Labute approximate surface area is 115 Å². The molecule has 0 unspecified atom stereocenters. The Kier molecular flexibility index (Phi) is 4.98. The molecule has 0 saturated heterocycles. The first-order valence-electron chi connectivity index (χ1n) is 5.17. The van der Waals surface area contributed by atoms with Gasteiger partial charge in [-0.25, -0.2) is 0 Å². The Bertz CT molecular complexity index is 415. The summed E-state index contributed by atoms with van der Waals surface area (Å²) in [4.78, 5) is 11.6. The largest absolute Gasteiger partial charge is 0.366 e. The molecule has 1 aromatic rings. The number of hydrogen-bond acceptors (Lipinski definition) is 2. The number of benzene rings is 1. The van der Waals surface area contributed by atoms with Crippen molar-refractivity contribution in [1.29, 1.82) is 0 Å². The Hall–Kier alpha value is -0.580. The van der Waals surface area contributed by atoms with Crippen molar-refractivity contribution in [2.75, 3.05) is 11.9 Å². The summed E-state index contributed by atoms with van der Waals surface area (Å²) in [5.74, 6) is -0.196. The zero-order valence-electron chi connectivity index (χ0n) is 10.0. The topological polar surface area (TPSA) is 38.3 Å². The van der Waals surface area contributed by atoms with Gasteiger partial charge in [-0.2, -0.15) is 0 Å². The maximum atomic E-state index is 11.6. The Balaban J connectivity index is 2.54. The average molecular weight is 321 g/mol. The van der Waals surface area contributed by atoms with E-state index in [-0.39, 0.29) is 18.1 Å². The van der Waals surface area contributed by atoms with Crippen LogP contribution in [0.5, 0.6) is 0 Å². The second-order valence-corrected chi connectivity index (χ2v) is 5.84. The van der Waals surface area contributed by atoms with Crippen molar-refractivity contribution in [3.8, 4) is 0 Å². The van der Waals surface area contributed by atoms with Gasteiger partial charge in [0.15, 0.2) is 0 Å². The lowest BCUT2D eigenvalue weighted by atomic mass is 10.2. The van der Waals surface area contributed by atoms with Gasteiger partial charge in [-0.3, -0.25) is 4.79 Å². The fourth-order valence-corrected chi connectivity index (χ4v) is 1.48. The summed E-state index contributed by atoms with van der Waals surface area (Å²) in [5, 5.41) is 3.27. The van der Waals surface area contributed by atoms with Crippen LogP contribution in [0.15, 0.2) is 22.7 Å². The number of carbonyl (C=O) groups is 1. The van der Waals surface area contributed by atoms with E-state index in [1.807, 2.05) is 20.8 Å². The Morgan fingerprint density at radius 2 is 2.12 bits per heavy atom. The number of ether oxygens (including phenoxy) is 1. The molecule has 1 N–H and O–H groups in total. The lowest BCUT2D eigenvalue weighted by Gasteiger charge is -2.19. The molecule has 1 amide bonds. The minimum atomic E-state index is -0.325. The van der Waals surface area contributed by atoms with Crippen LogP contribution in [-0.4, -0.2) is 18.1 Å². The molecular weight excluding hydrogens is 305 g/mol. The van der Waals surface area contributed by atoms with Crippen LogP contribution in [0.2, 0.25) is 5.02 Å². The van der Waals surface area contributed by atoms with Crippen LogP contribution in [0, 0.1) is 0 Å². The predicted molar refractivity (Wildman–Crippen MR) is 73.5 cm³/mol. The minimum absolute atomic E-state index is 0.0250. The molecule has 0 fully saturated rings. The van der Waals surface area contributed by atoms with Crippen LogP contribution < -0.4 is 5.32 Å². The van der Waals surface area contributed by atoms with Crippen molar-refractivity contribution in [3.63, 3.8) is 0 Å². The zero-order chi connectivity index (χ0) is 13.1. The number of carbonyl (C=O) groups excluding carboxylic acids is 1. The first-order chi connectivity index (χ1) is 7.78. The van der Waals surface area contributed by atoms with Gasteiger partial charge in [0, 0.05) is 10.2 Å². The Morgan fingerprint density at radius 1 is 1.47 bits per heavy atom. The van der Waals surface area contributed by atoms with E-state index in [1.165, 1.54) is 0 Å². The number of rotatable bonds is 3. The quantitative estimate of drug-likeness (QED) is 0.918. The van der Waals surface area contributed by atoms with Gasteiger partial charge in [0.2, 0.25) is 5.91 Å². The molecule has 0 aliphatic carbocycles. The van der Waals surface area contributed by atoms with Gasteiger partial charge >= 0.3 is 0 Å². The SMILES string of the molecule is CC(C)(C)OCC(=O)Nc1ccc(Br)c(Cl)c1. The van der Waals surface area contributed by atoms with Gasteiger partial charge in [0.05, 0.1) is 10.6 Å². The summed E-state index contributed by atoms with van der Waals surface area (Å²) in [6.07, 6.45) is 0. The third kappa shape index (κ3) is 5.52. The lowest BCUT2D eigenvalue weighted by Crippen LogP contribution is -2.27. The molecule has 17 heavy (non-hydrogen) atoms. The van der Waals surface area contributed by atoms with E-state index in [0.29, 0.717) is 10.7 Å². The second kappa shape index (κ2) is 5.85. The molecule has 1 aromatic carbocycles. The van der Waals surface area contributed by atoms with Crippen molar-refractivity contribution < 1.29 is 9.53 Å². The summed E-state index contributed by atoms with van der Waals surface area (Å²) in [5.41, 5.74) is 0.329. The van der Waals surface area contributed by atoms with Gasteiger partial charge in [-0.05, 0) is 54.9 Å². The number of hydrogen-bond donors (Lipinski definition) is 1. The summed E-state index contributed by atoms with van der Waals surface area (Å²) in [6.45, 7) is 5.72. The van der Waals surface area contributed by atoms with Gasteiger partial charge < -0.3 is 10.1 Å². The fraction of sp³-hybridized carbons (Fsp3) is 0.417. The maximum Gasteiger partial charge on any atom is 0.250 e. The van der Waals surface area contributed by atoms with Crippen molar-refractivity contribution in [1.82, 2.24) is 0 Å². The molecule has 0 aliphatic heterocycles. The highest BCUT2D eigenvalue weighted by Crippen LogP contribution is 2.25. The van der Waals surface area contributed by atoms with Gasteiger partial charge in [0.1, 0.15) is 6.61 Å². The van der Waals surface area contributed by atoms with E-state index in [2.05, 4.69) is 21.2 Å². The lowest BCUT2D eigenvalue weighted by molar-refractivity contribution is -0.125. The number of halogens is 2. The van der Waals surface area contributed by atoms with Gasteiger partial charge in [-0.1, -0.05) is 11.6 Å². The molecule has 0 heterocycles. The van der Waals surface area contributed by atoms with Gasteiger partial charge in [0.25, 0.3) is 0 Å². The molecule has 3 nitrogen and oxygen atoms in total. The van der Waals surface area contributed by atoms with Crippen LogP contribution in [0.1, 0.15) is 20.8 Å². The monoisotopic (exact) mass is 319 g/mol. The van der Waals surface area contributed by atoms with E-state index in [9.17, 15) is 4.79 Å². The Morgan fingerprint density at radius 3 is 2.65 bits per heavy atom. The summed E-state index contributed by atoms with van der Waals surface area (Å²) >= 11 is 9.20. The highest BCUT2D eigenvalue weighted by Gasteiger charge is 2.13. The molecule has 94 valence electrons. The zero-order valence-corrected chi connectivity index (χ0v) is 12.4. The molecule has 0 atom stereocenters. The molecule has 5 heteroatoms. The molecule has 0 spiro atoms. The van der Waals surface area contributed by atoms with Crippen LogP contribution in [-0.2, 0) is 9.53 Å². The van der Waals surface area contributed by atoms with Crippen LogP contribution in [0.3, 0.4) is 0 Å². The smallest absolute Gasteiger partial charge is 0.250 e. The van der Waals surface area contributed by atoms with Crippen molar-refractivity contribution >= 4 is 39.1 Å². The van der Waals surface area contributed by atoms with Crippen molar-refractivity contribution in [2.45, 2.75) is 26.4 Å². The van der Waals surface area contributed by atoms with E-state index < -0.39 is 0 Å². The van der Waals surface area contributed by atoms with E-state index >= 15 is 0 Å². The second-order valence-electron chi connectivity index (χ2n) is 4.58. The first kappa shape index (κ1) is 14.5. The molecule has 1 rings (SSSR count). The minimum Gasteiger partial charge on any atom is -0.366 e. The maximum absolute atomic E-state index is 11.6. The molecule has 0 saturated carbocycles. The van der Waals surface area contributed by atoms with Crippen LogP contribution in [0.4, 0.5) is 5.69 Å². The summed E-state index contributed by atoms with van der Waals surface area (Å²) < 4.78 is 6.16. The number of nitrogens with one attached hydrogen (secondary N) is 1. The first-order valence-corrected chi connectivity index (χ1v) is 6.34. The summed E-state index contributed by atoms with van der Waals surface area (Å²) in [7, 11) is 0. The van der Waals surface area contributed by atoms with Crippen molar-refractivity contribution in [3.05, 3.63) is 27.7 Å². The standard InChI is InChI=1S/C12H15BrClNO2/c1-12(2,3)17-7-11(16)15-8-4-5-9(13)10(14)6-8/h4-6H,7H2,1-3H3,(H,15,16). The third-order valence-corrected chi connectivity index (χ3v) is 3.07. The van der Waals surface area contributed by atoms with Crippen LogP contribution in [0.25, 0.3) is 0 Å². The van der Waals surface area contributed by atoms with Crippen LogP contribution >= 0.6 is 27.5 Å². The third-order valence-electron chi connectivity index (χ3n) is 1.84. The highest BCUT2D eigenvalue weighted by atomic mass is 79.9. The van der Waals surface area contributed by atoms with Crippen molar-refractivity contribution in [2.24, 2.45) is 0 Å². The van der Waals surface area contributed by atoms with E-state index in [0.717, 1.165) is 4.47 Å². The molecular formula is C12H15BrClNO2.